The van der Waals surface area contributed by atoms with Crippen molar-refractivity contribution in [3.63, 3.8) is 0 Å². The second-order valence-corrected chi connectivity index (χ2v) is 3.03. The summed E-state index contributed by atoms with van der Waals surface area (Å²) in [4.78, 5) is 9.56. The fraction of sp³-hybridized carbons (Fsp3) is 0.333. The first kappa shape index (κ1) is 11.5. The molecule has 0 aliphatic rings. The third-order valence-electron chi connectivity index (χ3n) is 1.94. The quantitative estimate of drug-likeness (QED) is 0.606. The highest BCUT2D eigenvalue weighted by Crippen LogP contribution is 2.20. The predicted molar refractivity (Wildman–Crippen MR) is 51.9 cm³/mol. The van der Waals surface area contributed by atoms with Crippen molar-refractivity contribution in [1.29, 1.82) is 0 Å². The standard InChI is InChI=1S/C9H11FN2O3/c1-15-5-8(11)6-2-3-9(12(13)14)7(10)4-6/h2-4,8H,5,11H2,1H3/t8-/m0/s1. The average molecular weight is 214 g/mol. The van der Waals surface area contributed by atoms with E-state index in [9.17, 15) is 14.5 Å². The first-order valence-electron chi connectivity index (χ1n) is 4.24. The lowest BCUT2D eigenvalue weighted by Gasteiger charge is -2.10. The van der Waals surface area contributed by atoms with Crippen LogP contribution in [0.1, 0.15) is 11.6 Å². The molecular weight excluding hydrogens is 203 g/mol. The lowest BCUT2D eigenvalue weighted by atomic mass is 10.1. The van der Waals surface area contributed by atoms with E-state index in [0.29, 0.717) is 5.56 Å². The van der Waals surface area contributed by atoms with Gasteiger partial charge in [0.25, 0.3) is 0 Å². The molecule has 15 heavy (non-hydrogen) atoms. The Morgan fingerprint density at radius 1 is 1.67 bits per heavy atom. The summed E-state index contributed by atoms with van der Waals surface area (Å²) in [5, 5.41) is 10.3. The number of nitro benzene ring substituents is 1. The van der Waals surface area contributed by atoms with Crippen LogP contribution in [-0.4, -0.2) is 18.6 Å². The molecule has 2 N–H and O–H groups in total. The van der Waals surface area contributed by atoms with Gasteiger partial charge in [-0.05, 0) is 11.6 Å². The Kier molecular flexibility index (Phi) is 3.70. The Hall–Kier alpha value is -1.53. The molecule has 0 aliphatic carbocycles. The number of rotatable bonds is 4. The zero-order valence-corrected chi connectivity index (χ0v) is 8.14. The molecule has 0 heterocycles. The summed E-state index contributed by atoms with van der Waals surface area (Å²) >= 11 is 0. The molecule has 0 unspecified atom stereocenters. The van der Waals surface area contributed by atoms with Gasteiger partial charge in [0.05, 0.1) is 17.6 Å². The highest BCUT2D eigenvalue weighted by molar-refractivity contribution is 5.36. The van der Waals surface area contributed by atoms with E-state index in [0.717, 1.165) is 12.1 Å². The van der Waals surface area contributed by atoms with Gasteiger partial charge in [0.1, 0.15) is 0 Å². The monoisotopic (exact) mass is 214 g/mol. The number of nitrogens with two attached hydrogens (primary N) is 1. The van der Waals surface area contributed by atoms with Gasteiger partial charge in [-0.25, -0.2) is 0 Å². The number of ether oxygens (including phenoxy) is 1. The molecule has 0 radical (unpaired) electrons. The molecule has 0 aliphatic heterocycles. The third kappa shape index (κ3) is 2.71. The molecule has 0 saturated carbocycles. The van der Waals surface area contributed by atoms with E-state index >= 15 is 0 Å². The summed E-state index contributed by atoms with van der Waals surface area (Å²) in [6.07, 6.45) is 0. The first-order valence-corrected chi connectivity index (χ1v) is 4.24. The van der Waals surface area contributed by atoms with Crippen molar-refractivity contribution in [2.75, 3.05) is 13.7 Å². The minimum atomic E-state index is -0.885. The Labute approximate surface area is 85.8 Å². The molecule has 5 nitrogen and oxygen atoms in total. The number of benzene rings is 1. The fourth-order valence-electron chi connectivity index (χ4n) is 1.18. The molecule has 1 rings (SSSR count). The predicted octanol–water partition coefficient (Wildman–Crippen LogP) is 1.38. The number of halogens is 1. The summed E-state index contributed by atoms with van der Waals surface area (Å²) < 4.78 is 18.0. The van der Waals surface area contributed by atoms with Crippen LogP contribution in [0.4, 0.5) is 10.1 Å². The van der Waals surface area contributed by atoms with Gasteiger partial charge >= 0.3 is 5.69 Å². The number of hydrogen-bond donors (Lipinski definition) is 1. The Morgan fingerprint density at radius 2 is 2.33 bits per heavy atom. The maximum Gasteiger partial charge on any atom is 0.304 e. The molecule has 0 aromatic heterocycles. The van der Waals surface area contributed by atoms with E-state index in [1.165, 1.54) is 13.2 Å². The summed E-state index contributed by atoms with van der Waals surface area (Å²) in [6.45, 7) is 0.233. The average Bonchev–Trinajstić information content (AvgIpc) is 2.17. The number of nitro groups is 1. The van der Waals surface area contributed by atoms with Crippen molar-refractivity contribution in [2.24, 2.45) is 5.73 Å². The van der Waals surface area contributed by atoms with Crippen LogP contribution in [0, 0.1) is 15.9 Å². The van der Waals surface area contributed by atoms with Gasteiger partial charge < -0.3 is 10.5 Å². The largest absolute Gasteiger partial charge is 0.383 e. The maximum absolute atomic E-state index is 13.2. The van der Waals surface area contributed by atoms with E-state index in [2.05, 4.69) is 0 Å². The van der Waals surface area contributed by atoms with Gasteiger partial charge in [-0.2, -0.15) is 4.39 Å². The zero-order chi connectivity index (χ0) is 11.4. The summed E-state index contributed by atoms with van der Waals surface area (Å²) in [5.74, 6) is -0.885. The lowest BCUT2D eigenvalue weighted by Crippen LogP contribution is -2.16. The molecule has 0 amide bonds. The molecule has 0 spiro atoms. The van der Waals surface area contributed by atoms with Crippen LogP contribution in [0.3, 0.4) is 0 Å². The van der Waals surface area contributed by atoms with E-state index < -0.39 is 22.5 Å². The van der Waals surface area contributed by atoms with Gasteiger partial charge in [-0.3, -0.25) is 10.1 Å². The SMILES string of the molecule is COC[C@H](N)c1ccc([N+](=O)[O-])c(F)c1. The van der Waals surface area contributed by atoms with Crippen molar-refractivity contribution in [3.8, 4) is 0 Å². The topological polar surface area (TPSA) is 78.4 Å². The molecule has 82 valence electrons. The van der Waals surface area contributed by atoms with Gasteiger partial charge in [0.15, 0.2) is 0 Å². The van der Waals surface area contributed by atoms with Gasteiger partial charge in [-0.1, -0.05) is 6.07 Å². The summed E-state index contributed by atoms with van der Waals surface area (Å²) in [5.41, 5.74) is 5.56. The van der Waals surface area contributed by atoms with Crippen LogP contribution in [0.25, 0.3) is 0 Å². The van der Waals surface area contributed by atoms with Crippen LogP contribution in [0.2, 0.25) is 0 Å². The van der Waals surface area contributed by atoms with Gasteiger partial charge in [-0.15, -0.1) is 0 Å². The number of hydrogen-bond acceptors (Lipinski definition) is 4. The van der Waals surface area contributed by atoms with Crippen LogP contribution in [0.5, 0.6) is 0 Å². The van der Waals surface area contributed by atoms with E-state index in [4.69, 9.17) is 10.5 Å². The van der Waals surface area contributed by atoms with Gasteiger partial charge in [0.2, 0.25) is 5.82 Å². The number of nitrogens with zero attached hydrogens (tertiary/aromatic N) is 1. The number of methoxy groups -OCH3 is 1. The van der Waals surface area contributed by atoms with Crippen LogP contribution < -0.4 is 5.73 Å². The fourth-order valence-corrected chi connectivity index (χ4v) is 1.18. The molecule has 6 heteroatoms. The van der Waals surface area contributed by atoms with Crippen molar-refractivity contribution >= 4 is 5.69 Å². The molecule has 1 aromatic rings. The van der Waals surface area contributed by atoms with Crippen molar-refractivity contribution in [3.05, 3.63) is 39.7 Å². The summed E-state index contributed by atoms with van der Waals surface area (Å²) in [7, 11) is 1.47. The highest BCUT2D eigenvalue weighted by Gasteiger charge is 2.16. The van der Waals surface area contributed by atoms with Crippen LogP contribution >= 0.6 is 0 Å². The molecule has 1 atom stereocenters. The normalized spacial score (nSPS) is 12.5. The maximum atomic E-state index is 13.2. The minimum absolute atomic E-state index is 0.233. The van der Waals surface area contributed by atoms with Crippen molar-refractivity contribution in [2.45, 2.75) is 6.04 Å². The first-order chi connectivity index (χ1) is 7.06. The van der Waals surface area contributed by atoms with Gasteiger partial charge in [0, 0.05) is 13.2 Å². The van der Waals surface area contributed by atoms with E-state index in [1.807, 2.05) is 0 Å². The third-order valence-corrected chi connectivity index (χ3v) is 1.94. The minimum Gasteiger partial charge on any atom is -0.383 e. The molecule has 0 saturated heterocycles. The molecule has 1 aromatic carbocycles. The lowest BCUT2D eigenvalue weighted by molar-refractivity contribution is -0.387. The Morgan fingerprint density at radius 3 is 2.80 bits per heavy atom. The molecule has 0 fully saturated rings. The highest BCUT2D eigenvalue weighted by atomic mass is 19.1. The smallest absolute Gasteiger partial charge is 0.304 e. The van der Waals surface area contributed by atoms with E-state index in [1.54, 1.807) is 0 Å². The zero-order valence-electron chi connectivity index (χ0n) is 8.14. The molecular formula is C9H11FN2O3. The van der Waals surface area contributed by atoms with Crippen molar-refractivity contribution < 1.29 is 14.1 Å². The van der Waals surface area contributed by atoms with Crippen molar-refractivity contribution in [1.82, 2.24) is 0 Å². The van der Waals surface area contributed by atoms with Crippen LogP contribution in [0.15, 0.2) is 18.2 Å². The second-order valence-electron chi connectivity index (χ2n) is 3.03. The Balaban J connectivity index is 2.96. The van der Waals surface area contributed by atoms with Crippen LogP contribution in [-0.2, 0) is 4.74 Å². The van der Waals surface area contributed by atoms with E-state index in [-0.39, 0.29) is 6.61 Å². The Bertz CT molecular complexity index is 370. The second kappa shape index (κ2) is 4.81. The molecule has 0 bridgehead atoms. The summed E-state index contributed by atoms with van der Waals surface area (Å²) in [6, 6.07) is 3.10.